The first-order valence-electron chi connectivity index (χ1n) is 8.71. The van der Waals surface area contributed by atoms with Gasteiger partial charge in [0.1, 0.15) is 5.75 Å². The molecule has 148 valence electrons. The number of rotatable bonds is 9. The highest BCUT2D eigenvalue weighted by atomic mass is 32.2. The minimum atomic E-state index is -3.47. The van der Waals surface area contributed by atoms with Crippen LogP contribution >= 0.6 is 0 Å². The summed E-state index contributed by atoms with van der Waals surface area (Å²) in [5.74, 6) is 0.439. The molecule has 1 N–H and O–H groups in total. The van der Waals surface area contributed by atoms with E-state index in [1.54, 1.807) is 55.6 Å². The molecule has 7 nitrogen and oxygen atoms in total. The Morgan fingerprint density at radius 3 is 2.32 bits per heavy atom. The number of amides is 1. The van der Waals surface area contributed by atoms with Crippen molar-refractivity contribution in [2.45, 2.75) is 19.3 Å². The molecule has 0 radical (unpaired) electrons. The Morgan fingerprint density at radius 2 is 1.79 bits per heavy atom. The van der Waals surface area contributed by atoms with Crippen molar-refractivity contribution in [1.29, 1.82) is 5.26 Å². The maximum atomic E-state index is 12.1. The fraction of sp³-hybridized carbons (Fsp3) is 0.300. The lowest BCUT2D eigenvalue weighted by Crippen LogP contribution is -2.31. The van der Waals surface area contributed by atoms with Gasteiger partial charge >= 0.3 is 0 Å². The maximum Gasteiger partial charge on any atom is 0.232 e. The van der Waals surface area contributed by atoms with Gasteiger partial charge in [-0.25, -0.2) is 8.42 Å². The summed E-state index contributed by atoms with van der Waals surface area (Å²) in [6.07, 6.45) is 2.01. The van der Waals surface area contributed by atoms with E-state index in [0.29, 0.717) is 30.0 Å². The normalized spacial score (nSPS) is 10.8. The SMILES string of the molecule is COc1ccc(N(CCCC(=O)Nc2ccc(CC#N)cc2)S(C)(=O)=O)cc1. The molecule has 0 fully saturated rings. The van der Waals surface area contributed by atoms with Crippen molar-refractivity contribution in [3.63, 3.8) is 0 Å². The molecular formula is C20H23N3O4S. The second-order valence-electron chi connectivity index (χ2n) is 6.22. The first kappa shape index (κ1) is 21.3. The number of hydrogen-bond donors (Lipinski definition) is 1. The summed E-state index contributed by atoms with van der Waals surface area (Å²) in [7, 11) is -1.93. The molecule has 0 atom stereocenters. The van der Waals surface area contributed by atoms with Crippen LogP contribution in [-0.4, -0.2) is 34.2 Å². The van der Waals surface area contributed by atoms with Gasteiger partial charge in [0.05, 0.1) is 31.5 Å². The van der Waals surface area contributed by atoms with E-state index < -0.39 is 10.0 Å². The molecule has 0 aliphatic rings. The molecular weight excluding hydrogens is 378 g/mol. The van der Waals surface area contributed by atoms with E-state index in [9.17, 15) is 13.2 Å². The molecule has 2 aromatic rings. The molecule has 0 spiro atoms. The van der Waals surface area contributed by atoms with Gasteiger partial charge in [0.2, 0.25) is 15.9 Å². The van der Waals surface area contributed by atoms with Crippen LogP contribution < -0.4 is 14.4 Å². The van der Waals surface area contributed by atoms with Gasteiger partial charge < -0.3 is 10.1 Å². The quantitative estimate of drug-likeness (QED) is 0.696. The number of hydrogen-bond acceptors (Lipinski definition) is 5. The molecule has 0 saturated heterocycles. The Hall–Kier alpha value is -3.05. The molecule has 2 aromatic carbocycles. The van der Waals surface area contributed by atoms with Crippen LogP contribution in [0.1, 0.15) is 18.4 Å². The molecule has 0 aromatic heterocycles. The van der Waals surface area contributed by atoms with Crippen molar-refractivity contribution in [3.8, 4) is 11.8 Å². The molecule has 0 unspecified atom stereocenters. The number of methoxy groups -OCH3 is 1. The van der Waals surface area contributed by atoms with E-state index >= 15 is 0 Å². The number of nitriles is 1. The standard InChI is InChI=1S/C20H23N3O4S/c1-27-19-11-9-18(10-12-19)23(28(2,25)26)15-3-4-20(24)22-17-7-5-16(6-8-17)13-14-21/h5-12H,3-4,13,15H2,1-2H3,(H,22,24). The van der Waals surface area contributed by atoms with E-state index in [1.165, 1.54) is 4.31 Å². The highest BCUT2D eigenvalue weighted by molar-refractivity contribution is 7.92. The second kappa shape index (κ2) is 9.76. The average molecular weight is 401 g/mol. The lowest BCUT2D eigenvalue weighted by molar-refractivity contribution is -0.116. The molecule has 2 rings (SSSR count). The predicted molar refractivity (Wildman–Crippen MR) is 109 cm³/mol. The Bertz CT molecular complexity index is 933. The summed E-state index contributed by atoms with van der Waals surface area (Å²) in [6, 6.07) is 15.8. The third-order valence-electron chi connectivity index (χ3n) is 4.05. The number of nitrogens with one attached hydrogen (secondary N) is 1. The molecule has 0 bridgehead atoms. The topological polar surface area (TPSA) is 99.5 Å². The monoisotopic (exact) mass is 401 g/mol. The Morgan fingerprint density at radius 1 is 1.14 bits per heavy atom. The van der Waals surface area contributed by atoms with Crippen LogP contribution in [0.5, 0.6) is 5.75 Å². The number of carbonyl (C=O) groups is 1. The molecule has 0 aliphatic heterocycles. The van der Waals surface area contributed by atoms with E-state index in [0.717, 1.165) is 11.8 Å². The van der Waals surface area contributed by atoms with Crippen LogP contribution in [0.25, 0.3) is 0 Å². The van der Waals surface area contributed by atoms with Crippen molar-refractivity contribution in [2.75, 3.05) is 29.5 Å². The molecule has 0 heterocycles. The zero-order valence-corrected chi connectivity index (χ0v) is 16.7. The predicted octanol–water partition coefficient (Wildman–Crippen LogP) is 2.95. The Labute approximate surface area is 165 Å². The number of anilines is 2. The summed E-state index contributed by atoms with van der Waals surface area (Å²) in [4.78, 5) is 12.1. The fourth-order valence-corrected chi connectivity index (χ4v) is 3.60. The van der Waals surface area contributed by atoms with Gasteiger partial charge in [-0.3, -0.25) is 9.10 Å². The molecule has 8 heteroatoms. The van der Waals surface area contributed by atoms with Gasteiger partial charge in [-0.15, -0.1) is 0 Å². The molecule has 0 aliphatic carbocycles. The van der Waals surface area contributed by atoms with Gasteiger partial charge in [0.25, 0.3) is 0 Å². The Kier molecular flexibility index (Phi) is 7.41. The molecule has 28 heavy (non-hydrogen) atoms. The van der Waals surface area contributed by atoms with Gasteiger partial charge in [-0.05, 0) is 48.4 Å². The first-order valence-corrected chi connectivity index (χ1v) is 10.6. The summed E-state index contributed by atoms with van der Waals surface area (Å²) in [5.41, 5.74) is 2.04. The minimum absolute atomic E-state index is 0.183. The third-order valence-corrected chi connectivity index (χ3v) is 5.24. The third kappa shape index (κ3) is 6.28. The van der Waals surface area contributed by atoms with Gasteiger partial charge in [0, 0.05) is 18.7 Å². The van der Waals surface area contributed by atoms with Crippen LogP contribution in [0.15, 0.2) is 48.5 Å². The van der Waals surface area contributed by atoms with Crippen molar-refractivity contribution < 1.29 is 17.9 Å². The smallest absolute Gasteiger partial charge is 0.232 e. The maximum absolute atomic E-state index is 12.1. The van der Waals surface area contributed by atoms with Crippen LogP contribution in [0, 0.1) is 11.3 Å². The zero-order valence-electron chi connectivity index (χ0n) is 15.9. The lowest BCUT2D eigenvalue weighted by Gasteiger charge is -2.22. The number of sulfonamides is 1. The van der Waals surface area contributed by atoms with Crippen molar-refractivity contribution in [1.82, 2.24) is 0 Å². The molecule has 0 saturated carbocycles. The first-order chi connectivity index (χ1) is 13.3. The van der Waals surface area contributed by atoms with E-state index in [1.807, 2.05) is 0 Å². The largest absolute Gasteiger partial charge is 0.497 e. The summed E-state index contributed by atoms with van der Waals surface area (Å²) in [6.45, 7) is 0.194. The van der Waals surface area contributed by atoms with Crippen molar-refractivity contribution in [3.05, 3.63) is 54.1 Å². The number of carbonyl (C=O) groups excluding carboxylic acids is 1. The van der Waals surface area contributed by atoms with Gasteiger partial charge in [-0.1, -0.05) is 12.1 Å². The van der Waals surface area contributed by atoms with Crippen molar-refractivity contribution in [2.24, 2.45) is 0 Å². The summed E-state index contributed by atoms with van der Waals surface area (Å²) >= 11 is 0. The summed E-state index contributed by atoms with van der Waals surface area (Å²) in [5, 5.41) is 11.4. The van der Waals surface area contributed by atoms with Gasteiger partial charge in [0.15, 0.2) is 0 Å². The summed E-state index contributed by atoms with van der Waals surface area (Å²) < 4.78 is 30.6. The highest BCUT2D eigenvalue weighted by Gasteiger charge is 2.17. The minimum Gasteiger partial charge on any atom is -0.497 e. The second-order valence-corrected chi connectivity index (χ2v) is 8.12. The lowest BCUT2D eigenvalue weighted by atomic mass is 10.1. The van der Waals surface area contributed by atoms with E-state index in [2.05, 4.69) is 11.4 Å². The number of ether oxygens (including phenoxy) is 1. The highest BCUT2D eigenvalue weighted by Crippen LogP contribution is 2.22. The van der Waals surface area contributed by atoms with Crippen LogP contribution in [-0.2, 0) is 21.2 Å². The van der Waals surface area contributed by atoms with E-state index in [-0.39, 0.29) is 18.9 Å². The van der Waals surface area contributed by atoms with Crippen LogP contribution in [0.3, 0.4) is 0 Å². The fourth-order valence-electron chi connectivity index (χ4n) is 2.64. The number of nitrogens with zero attached hydrogens (tertiary/aromatic N) is 2. The number of benzene rings is 2. The zero-order chi connectivity index (χ0) is 20.6. The average Bonchev–Trinajstić information content (AvgIpc) is 2.66. The van der Waals surface area contributed by atoms with Crippen molar-refractivity contribution >= 4 is 27.3 Å². The molecule has 1 amide bonds. The van der Waals surface area contributed by atoms with Crippen LogP contribution in [0.2, 0.25) is 0 Å². The van der Waals surface area contributed by atoms with E-state index in [4.69, 9.17) is 10.00 Å². The van der Waals surface area contributed by atoms with Gasteiger partial charge in [-0.2, -0.15) is 5.26 Å². The van der Waals surface area contributed by atoms with Crippen LogP contribution in [0.4, 0.5) is 11.4 Å². The Balaban J connectivity index is 1.92.